The van der Waals surface area contributed by atoms with Crippen LogP contribution in [0.15, 0.2) is 29.7 Å². The summed E-state index contributed by atoms with van der Waals surface area (Å²) in [6, 6.07) is 7.28. The Hall–Kier alpha value is -1.73. The van der Waals surface area contributed by atoms with E-state index in [1.54, 1.807) is 23.9 Å². The molecule has 0 aromatic heterocycles. The van der Waals surface area contributed by atoms with Crippen molar-refractivity contribution in [3.8, 4) is 6.07 Å². The molecule has 1 aromatic carbocycles. The van der Waals surface area contributed by atoms with Crippen molar-refractivity contribution in [2.45, 2.75) is 24.7 Å². The van der Waals surface area contributed by atoms with Gasteiger partial charge in [0.1, 0.15) is 0 Å². The predicted octanol–water partition coefficient (Wildman–Crippen LogP) is 3.90. The van der Waals surface area contributed by atoms with E-state index in [-0.39, 0.29) is 0 Å². The van der Waals surface area contributed by atoms with E-state index in [4.69, 9.17) is 5.26 Å². The Morgan fingerprint density at radius 2 is 2.26 bits per heavy atom. The molecule has 0 atom stereocenters. The third kappa shape index (κ3) is 4.15. The molecule has 0 aliphatic heterocycles. The molecule has 0 amide bonds. The van der Waals surface area contributed by atoms with Crippen molar-refractivity contribution in [1.82, 2.24) is 0 Å². The molecule has 1 rings (SSSR count). The number of nitriles is 1. The number of thioether (sulfide) groups is 1. The first kappa shape index (κ1) is 15.3. The third-order valence-electron chi connectivity index (χ3n) is 2.62. The average Bonchev–Trinajstić information content (AvgIpc) is 2.46. The Labute approximate surface area is 118 Å². The first-order valence-corrected chi connectivity index (χ1v) is 7.07. The molecule has 0 radical (unpaired) electrons. The molecule has 19 heavy (non-hydrogen) atoms. The fraction of sp³-hybridized carbons (Fsp3) is 0.333. The maximum atomic E-state index is 11.5. The van der Waals surface area contributed by atoms with Crippen molar-refractivity contribution in [3.05, 3.63) is 35.9 Å². The second-order valence-electron chi connectivity index (χ2n) is 3.99. The van der Waals surface area contributed by atoms with Crippen LogP contribution in [0, 0.1) is 11.3 Å². The highest BCUT2D eigenvalue weighted by atomic mass is 32.2. The number of benzene rings is 1. The molecular formula is C15H17NO2S. The van der Waals surface area contributed by atoms with Gasteiger partial charge >= 0.3 is 5.97 Å². The Morgan fingerprint density at radius 3 is 2.84 bits per heavy atom. The predicted molar refractivity (Wildman–Crippen MR) is 78.1 cm³/mol. The molecule has 4 heteroatoms. The fourth-order valence-electron chi connectivity index (χ4n) is 1.52. The average molecular weight is 275 g/mol. The molecule has 0 saturated carbocycles. The van der Waals surface area contributed by atoms with Crippen molar-refractivity contribution in [2.24, 2.45) is 0 Å². The number of allylic oxidation sites excluding steroid dienone is 1. The molecule has 0 saturated heterocycles. The van der Waals surface area contributed by atoms with E-state index in [1.807, 2.05) is 12.1 Å². The van der Waals surface area contributed by atoms with Crippen LogP contribution in [0.1, 0.15) is 35.7 Å². The number of esters is 1. The Kier molecular flexibility index (Phi) is 6.17. The van der Waals surface area contributed by atoms with Crippen LogP contribution >= 0.6 is 11.8 Å². The van der Waals surface area contributed by atoms with Crippen LogP contribution in [0.2, 0.25) is 0 Å². The standard InChI is InChI=1S/C15H17NO2S/c1-4-5-8-19-14-7-6-12(15(17)18-3)9-13(14)11(2)10-16/h6-7,9H,2,4-5,8H2,1,3H3. The molecule has 0 spiro atoms. The molecule has 0 aliphatic carbocycles. The number of rotatable bonds is 6. The molecule has 0 heterocycles. The normalized spacial score (nSPS) is 9.74. The Balaban J connectivity index is 3.07. The minimum Gasteiger partial charge on any atom is -0.465 e. The first-order valence-electron chi connectivity index (χ1n) is 6.08. The highest BCUT2D eigenvalue weighted by molar-refractivity contribution is 7.99. The van der Waals surface area contributed by atoms with E-state index in [2.05, 4.69) is 18.2 Å². The molecule has 0 bridgehead atoms. The largest absolute Gasteiger partial charge is 0.465 e. The molecule has 1 aromatic rings. The summed E-state index contributed by atoms with van der Waals surface area (Å²) in [6.45, 7) is 5.87. The summed E-state index contributed by atoms with van der Waals surface area (Å²) in [5, 5.41) is 9.00. The zero-order chi connectivity index (χ0) is 14.3. The van der Waals surface area contributed by atoms with Gasteiger partial charge in [0.05, 0.1) is 24.3 Å². The van der Waals surface area contributed by atoms with Gasteiger partial charge in [-0.1, -0.05) is 19.9 Å². The van der Waals surface area contributed by atoms with Crippen LogP contribution in [0.25, 0.3) is 5.57 Å². The van der Waals surface area contributed by atoms with Crippen molar-refractivity contribution in [1.29, 1.82) is 5.26 Å². The zero-order valence-electron chi connectivity index (χ0n) is 11.2. The second-order valence-corrected chi connectivity index (χ2v) is 5.13. The first-order chi connectivity index (χ1) is 9.13. The van der Waals surface area contributed by atoms with Crippen molar-refractivity contribution in [3.63, 3.8) is 0 Å². The summed E-state index contributed by atoms with van der Waals surface area (Å²) < 4.78 is 4.68. The lowest BCUT2D eigenvalue weighted by Crippen LogP contribution is -2.02. The number of nitrogens with zero attached hydrogens (tertiary/aromatic N) is 1. The summed E-state index contributed by atoms with van der Waals surface area (Å²) in [7, 11) is 1.34. The minimum atomic E-state index is -0.405. The van der Waals surface area contributed by atoms with Crippen LogP contribution in [-0.2, 0) is 4.74 Å². The summed E-state index contributed by atoms with van der Waals surface area (Å²) in [6.07, 6.45) is 2.24. The SMILES string of the molecule is C=C(C#N)c1cc(C(=O)OC)ccc1SCCCC. The van der Waals surface area contributed by atoms with Crippen LogP contribution in [0.4, 0.5) is 0 Å². The summed E-state index contributed by atoms with van der Waals surface area (Å²) in [5.41, 5.74) is 1.52. The minimum absolute atomic E-state index is 0.366. The lowest BCUT2D eigenvalue weighted by Gasteiger charge is -2.09. The van der Waals surface area contributed by atoms with E-state index < -0.39 is 5.97 Å². The zero-order valence-corrected chi connectivity index (χ0v) is 12.0. The molecule has 0 N–H and O–H groups in total. The van der Waals surface area contributed by atoms with Gasteiger partial charge in [-0.05, 0) is 30.4 Å². The molecule has 0 aliphatic rings. The van der Waals surface area contributed by atoms with Crippen LogP contribution in [0.3, 0.4) is 0 Å². The van der Waals surface area contributed by atoms with Crippen molar-refractivity contribution in [2.75, 3.05) is 12.9 Å². The fourth-order valence-corrected chi connectivity index (χ4v) is 2.68. The Morgan fingerprint density at radius 1 is 1.53 bits per heavy atom. The smallest absolute Gasteiger partial charge is 0.337 e. The molecule has 0 fully saturated rings. The topological polar surface area (TPSA) is 50.1 Å². The van der Waals surface area contributed by atoms with Gasteiger partial charge in [0.2, 0.25) is 0 Å². The van der Waals surface area contributed by atoms with Crippen LogP contribution < -0.4 is 0 Å². The number of hydrogen-bond acceptors (Lipinski definition) is 4. The number of carbonyl (C=O) groups excluding carboxylic acids is 1. The molecule has 3 nitrogen and oxygen atoms in total. The lowest BCUT2D eigenvalue weighted by molar-refractivity contribution is 0.0600. The highest BCUT2D eigenvalue weighted by Gasteiger charge is 2.12. The summed E-state index contributed by atoms with van der Waals surface area (Å²) in [4.78, 5) is 12.5. The van der Waals surface area contributed by atoms with Gasteiger partial charge in [0.25, 0.3) is 0 Å². The second kappa shape index (κ2) is 7.65. The van der Waals surface area contributed by atoms with E-state index in [1.165, 1.54) is 7.11 Å². The Bertz CT molecular complexity index is 517. The van der Waals surface area contributed by atoms with E-state index in [9.17, 15) is 4.79 Å². The van der Waals surface area contributed by atoms with Gasteiger partial charge in [0, 0.05) is 10.5 Å². The number of unbranched alkanes of at least 4 members (excludes halogenated alkanes) is 1. The van der Waals surface area contributed by atoms with Gasteiger partial charge in [0.15, 0.2) is 0 Å². The monoisotopic (exact) mass is 275 g/mol. The van der Waals surface area contributed by atoms with Gasteiger partial charge < -0.3 is 4.74 Å². The summed E-state index contributed by atoms with van der Waals surface area (Å²) in [5.74, 6) is 0.580. The molecular weight excluding hydrogens is 258 g/mol. The number of hydrogen-bond donors (Lipinski definition) is 0. The van der Waals surface area contributed by atoms with Crippen LogP contribution in [0.5, 0.6) is 0 Å². The molecule has 100 valence electrons. The van der Waals surface area contributed by atoms with E-state index in [0.29, 0.717) is 16.7 Å². The summed E-state index contributed by atoms with van der Waals surface area (Å²) >= 11 is 1.68. The quantitative estimate of drug-likeness (QED) is 0.342. The van der Waals surface area contributed by atoms with Crippen LogP contribution in [-0.4, -0.2) is 18.8 Å². The van der Waals surface area contributed by atoms with Gasteiger partial charge in [-0.2, -0.15) is 5.26 Å². The van der Waals surface area contributed by atoms with E-state index in [0.717, 1.165) is 23.5 Å². The highest BCUT2D eigenvalue weighted by Crippen LogP contribution is 2.29. The van der Waals surface area contributed by atoms with E-state index >= 15 is 0 Å². The number of methoxy groups -OCH3 is 1. The third-order valence-corrected chi connectivity index (χ3v) is 3.78. The van der Waals surface area contributed by atoms with Gasteiger partial charge in [-0.3, -0.25) is 0 Å². The van der Waals surface area contributed by atoms with Gasteiger partial charge in [-0.25, -0.2) is 4.79 Å². The van der Waals surface area contributed by atoms with Crippen molar-refractivity contribution >= 4 is 23.3 Å². The van der Waals surface area contributed by atoms with Crippen molar-refractivity contribution < 1.29 is 9.53 Å². The lowest BCUT2D eigenvalue weighted by atomic mass is 10.1. The number of carbonyl (C=O) groups is 1. The maximum Gasteiger partial charge on any atom is 0.337 e. The molecule has 0 unspecified atom stereocenters. The van der Waals surface area contributed by atoms with Gasteiger partial charge in [-0.15, -0.1) is 11.8 Å². The maximum absolute atomic E-state index is 11.5. The number of ether oxygens (including phenoxy) is 1.